The van der Waals surface area contributed by atoms with Crippen LogP contribution in [0.2, 0.25) is 0 Å². The summed E-state index contributed by atoms with van der Waals surface area (Å²) >= 11 is 0. The van der Waals surface area contributed by atoms with Crippen LogP contribution in [0, 0.1) is 5.82 Å². The van der Waals surface area contributed by atoms with Gasteiger partial charge in [-0.25, -0.2) is 9.37 Å². The van der Waals surface area contributed by atoms with Crippen LogP contribution in [-0.4, -0.2) is 15.9 Å². The molecule has 1 heterocycles. The Balaban J connectivity index is 1.75. The normalized spacial score (nSPS) is 15.8. The Bertz CT molecular complexity index is 677. The summed E-state index contributed by atoms with van der Waals surface area (Å²) in [5, 5.41) is 3.01. The molecule has 1 aromatic carbocycles. The largest absolute Gasteiger partial charge is 0.347 e. The zero-order chi connectivity index (χ0) is 16.1. The van der Waals surface area contributed by atoms with Crippen molar-refractivity contribution in [1.29, 1.82) is 0 Å². The first-order valence-corrected chi connectivity index (χ1v) is 7.94. The van der Waals surface area contributed by atoms with Crippen LogP contribution in [-0.2, 0) is 4.79 Å². The van der Waals surface area contributed by atoms with E-state index in [1.54, 1.807) is 24.5 Å². The summed E-state index contributed by atoms with van der Waals surface area (Å²) in [6.07, 6.45) is 10.3. The Hall–Kier alpha value is -2.43. The first kappa shape index (κ1) is 15.5. The molecule has 1 aliphatic rings. The SMILES string of the molecule is O=C(CC1=CCCCC1)NC(c1ccc(F)cc1)c1ncc[nH]1. The third-order valence-corrected chi connectivity index (χ3v) is 4.07. The summed E-state index contributed by atoms with van der Waals surface area (Å²) in [4.78, 5) is 19.7. The van der Waals surface area contributed by atoms with Gasteiger partial charge in [0, 0.05) is 18.8 Å². The summed E-state index contributed by atoms with van der Waals surface area (Å²) in [7, 11) is 0. The van der Waals surface area contributed by atoms with Gasteiger partial charge in [-0.3, -0.25) is 4.79 Å². The topological polar surface area (TPSA) is 57.8 Å². The van der Waals surface area contributed by atoms with Gasteiger partial charge in [-0.2, -0.15) is 0 Å². The van der Waals surface area contributed by atoms with Crippen LogP contribution in [0.4, 0.5) is 4.39 Å². The molecule has 0 saturated heterocycles. The number of aromatic nitrogens is 2. The summed E-state index contributed by atoms with van der Waals surface area (Å²) < 4.78 is 13.1. The highest BCUT2D eigenvalue weighted by Gasteiger charge is 2.20. The number of aromatic amines is 1. The third-order valence-electron chi connectivity index (χ3n) is 4.07. The van der Waals surface area contributed by atoms with Gasteiger partial charge in [-0.05, 0) is 43.4 Å². The van der Waals surface area contributed by atoms with E-state index >= 15 is 0 Å². The van der Waals surface area contributed by atoms with E-state index in [2.05, 4.69) is 21.4 Å². The number of halogens is 1. The van der Waals surface area contributed by atoms with Gasteiger partial charge in [0.1, 0.15) is 17.7 Å². The van der Waals surface area contributed by atoms with Crippen LogP contribution < -0.4 is 5.32 Å². The number of H-pyrrole nitrogens is 1. The number of carbonyl (C=O) groups is 1. The molecular formula is C18H20FN3O. The zero-order valence-corrected chi connectivity index (χ0v) is 12.9. The van der Waals surface area contributed by atoms with E-state index in [0.29, 0.717) is 12.2 Å². The van der Waals surface area contributed by atoms with Crippen molar-refractivity contribution in [3.8, 4) is 0 Å². The summed E-state index contributed by atoms with van der Waals surface area (Å²) in [6.45, 7) is 0. The predicted octanol–water partition coefficient (Wildman–Crippen LogP) is 3.64. The summed E-state index contributed by atoms with van der Waals surface area (Å²) in [5.41, 5.74) is 2.00. The van der Waals surface area contributed by atoms with Gasteiger partial charge in [0.2, 0.25) is 5.91 Å². The van der Waals surface area contributed by atoms with Crippen LogP contribution in [0.1, 0.15) is 49.5 Å². The summed E-state index contributed by atoms with van der Waals surface area (Å²) in [5.74, 6) is 0.303. The second-order valence-corrected chi connectivity index (χ2v) is 5.81. The number of hydrogen-bond donors (Lipinski definition) is 2. The van der Waals surface area contributed by atoms with E-state index in [9.17, 15) is 9.18 Å². The Morgan fingerprint density at radius 1 is 1.30 bits per heavy atom. The monoisotopic (exact) mass is 313 g/mol. The fourth-order valence-electron chi connectivity index (χ4n) is 2.88. The smallest absolute Gasteiger partial charge is 0.224 e. The lowest BCUT2D eigenvalue weighted by atomic mass is 9.96. The molecule has 0 fully saturated rings. The van der Waals surface area contributed by atoms with Crippen molar-refractivity contribution in [1.82, 2.24) is 15.3 Å². The maximum atomic E-state index is 13.1. The minimum absolute atomic E-state index is 0.0381. The second-order valence-electron chi connectivity index (χ2n) is 5.81. The van der Waals surface area contributed by atoms with Crippen LogP contribution in [0.15, 0.2) is 48.3 Å². The molecule has 4 nitrogen and oxygen atoms in total. The molecule has 5 heteroatoms. The molecule has 0 radical (unpaired) electrons. The lowest BCUT2D eigenvalue weighted by Gasteiger charge is -2.19. The van der Waals surface area contributed by atoms with Gasteiger partial charge < -0.3 is 10.3 Å². The number of hydrogen-bond acceptors (Lipinski definition) is 2. The van der Waals surface area contributed by atoms with E-state index < -0.39 is 6.04 Å². The molecule has 1 amide bonds. The Morgan fingerprint density at radius 2 is 2.13 bits per heavy atom. The lowest BCUT2D eigenvalue weighted by molar-refractivity contribution is -0.121. The molecule has 23 heavy (non-hydrogen) atoms. The Labute approximate surface area is 134 Å². The quantitative estimate of drug-likeness (QED) is 0.828. The number of benzene rings is 1. The zero-order valence-electron chi connectivity index (χ0n) is 12.9. The van der Waals surface area contributed by atoms with Crippen molar-refractivity contribution in [3.05, 3.63) is 65.5 Å². The van der Waals surface area contributed by atoms with E-state index in [4.69, 9.17) is 0 Å². The number of carbonyl (C=O) groups excluding carboxylic acids is 1. The molecule has 2 N–H and O–H groups in total. The highest BCUT2D eigenvalue weighted by atomic mass is 19.1. The summed E-state index contributed by atoms with van der Waals surface area (Å²) in [6, 6.07) is 5.72. The van der Waals surface area contributed by atoms with Crippen LogP contribution in [0.3, 0.4) is 0 Å². The van der Waals surface area contributed by atoms with Crippen molar-refractivity contribution in [2.75, 3.05) is 0 Å². The molecule has 0 aliphatic heterocycles. The lowest BCUT2D eigenvalue weighted by Crippen LogP contribution is -2.30. The number of nitrogens with one attached hydrogen (secondary N) is 2. The van der Waals surface area contributed by atoms with Gasteiger partial charge in [0.25, 0.3) is 0 Å². The molecule has 120 valence electrons. The fraction of sp³-hybridized carbons (Fsp3) is 0.333. The first-order valence-electron chi connectivity index (χ1n) is 7.94. The van der Waals surface area contributed by atoms with Gasteiger partial charge in [-0.15, -0.1) is 0 Å². The molecule has 1 unspecified atom stereocenters. The van der Waals surface area contributed by atoms with Gasteiger partial charge in [-0.1, -0.05) is 23.8 Å². The highest BCUT2D eigenvalue weighted by molar-refractivity contribution is 5.79. The van der Waals surface area contributed by atoms with Crippen molar-refractivity contribution in [2.45, 2.75) is 38.1 Å². The first-order chi connectivity index (χ1) is 11.2. The molecular weight excluding hydrogens is 293 g/mol. The standard InChI is InChI=1S/C18H20FN3O/c19-15-8-6-14(7-9-15)17(18-20-10-11-21-18)22-16(23)12-13-4-2-1-3-5-13/h4,6-11,17H,1-3,5,12H2,(H,20,21)(H,22,23). The molecule has 0 bridgehead atoms. The molecule has 1 aliphatic carbocycles. The number of nitrogens with zero attached hydrogens (tertiary/aromatic N) is 1. The number of allylic oxidation sites excluding steroid dienone is 1. The molecule has 1 atom stereocenters. The molecule has 2 aromatic rings. The number of amides is 1. The predicted molar refractivity (Wildman–Crippen MR) is 86.1 cm³/mol. The molecule has 3 rings (SSSR count). The maximum Gasteiger partial charge on any atom is 0.224 e. The van der Waals surface area contributed by atoms with Gasteiger partial charge in [0.05, 0.1) is 0 Å². The van der Waals surface area contributed by atoms with Gasteiger partial charge >= 0.3 is 0 Å². The Morgan fingerprint density at radius 3 is 2.78 bits per heavy atom. The van der Waals surface area contributed by atoms with Crippen LogP contribution >= 0.6 is 0 Å². The molecule has 0 spiro atoms. The van der Waals surface area contributed by atoms with Crippen molar-refractivity contribution >= 4 is 5.91 Å². The minimum Gasteiger partial charge on any atom is -0.347 e. The Kier molecular flexibility index (Phi) is 4.86. The van der Waals surface area contributed by atoms with Gasteiger partial charge in [0.15, 0.2) is 0 Å². The van der Waals surface area contributed by atoms with E-state index in [1.165, 1.54) is 24.1 Å². The van der Waals surface area contributed by atoms with Crippen molar-refractivity contribution < 1.29 is 9.18 Å². The highest BCUT2D eigenvalue weighted by Crippen LogP contribution is 2.22. The van der Waals surface area contributed by atoms with Crippen molar-refractivity contribution in [2.24, 2.45) is 0 Å². The third kappa shape index (κ3) is 4.06. The van der Waals surface area contributed by atoms with E-state index in [1.807, 2.05) is 0 Å². The average molecular weight is 313 g/mol. The minimum atomic E-state index is -0.401. The molecule has 0 saturated carbocycles. The van der Waals surface area contributed by atoms with E-state index in [-0.39, 0.29) is 11.7 Å². The maximum absolute atomic E-state index is 13.1. The fourth-order valence-corrected chi connectivity index (χ4v) is 2.88. The number of rotatable bonds is 5. The number of imidazole rings is 1. The molecule has 1 aromatic heterocycles. The van der Waals surface area contributed by atoms with Crippen LogP contribution in [0.5, 0.6) is 0 Å². The second kappa shape index (κ2) is 7.22. The van der Waals surface area contributed by atoms with Crippen molar-refractivity contribution in [3.63, 3.8) is 0 Å². The van der Waals surface area contributed by atoms with Crippen LogP contribution in [0.25, 0.3) is 0 Å². The average Bonchev–Trinajstić information content (AvgIpc) is 3.09. The van der Waals surface area contributed by atoms with E-state index in [0.717, 1.165) is 24.8 Å².